The molecule has 1 aliphatic rings. The maximum Gasteiger partial charge on any atom is 0.270 e. The summed E-state index contributed by atoms with van der Waals surface area (Å²) in [5.41, 5.74) is 1.13. The van der Waals surface area contributed by atoms with Crippen LogP contribution in [0.4, 0.5) is 11.4 Å². The fraction of sp³-hybridized carbons (Fsp3) is 0.0588. The Morgan fingerprint density at radius 1 is 1.19 bits per heavy atom. The molecule has 3 N–H and O–H groups in total. The number of nitro benzene ring substituents is 1. The third-order valence-electron chi connectivity index (χ3n) is 3.51. The van der Waals surface area contributed by atoms with Gasteiger partial charge in [-0.1, -0.05) is 6.07 Å². The van der Waals surface area contributed by atoms with Crippen molar-refractivity contribution in [1.29, 1.82) is 0 Å². The van der Waals surface area contributed by atoms with Crippen molar-refractivity contribution in [3.05, 3.63) is 62.5 Å². The standard InChI is InChI=1S/C17H13N3O5S/c1-9-2-4-12(14(22)6-9)18-17-19-16(23)15(26-17)8-10-7-11(20(24)25)3-5-13(10)21/h2-8,21-22H,1H3,(H,18,19,23)/b15-8-. The van der Waals surface area contributed by atoms with Gasteiger partial charge >= 0.3 is 0 Å². The van der Waals surface area contributed by atoms with Crippen LogP contribution in [-0.2, 0) is 4.79 Å². The normalized spacial score (nSPS) is 16.9. The Labute approximate surface area is 152 Å². The van der Waals surface area contributed by atoms with Gasteiger partial charge in [-0.2, -0.15) is 0 Å². The van der Waals surface area contributed by atoms with Crippen LogP contribution in [-0.4, -0.2) is 26.2 Å². The fourth-order valence-corrected chi connectivity index (χ4v) is 3.06. The van der Waals surface area contributed by atoms with E-state index in [-0.39, 0.29) is 32.8 Å². The molecule has 0 bridgehead atoms. The second-order valence-corrected chi connectivity index (χ2v) is 6.50. The number of amides is 1. The lowest BCUT2D eigenvalue weighted by Gasteiger charge is -2.01. The van der Waals surface area contributed by atoms with Crippen molar-refractivity contribution < 1.29 is 19.9 Å². The number of phenolic OH excluding ortho intramolecular Hbond substituents is 2. The van der Waals surface area contributed by atoms with Gasteiger partial charge in [0.1, 0.15) is 17.2 Å². The van der Waals surface area contributed by atoms with Crippen molar-refractivity contribution in [3.63, 3.8) is 0 Å². The molecule has 0 radical (unpaired) electrons. The Balaban J connectivity index is 1.90. The number of thioether (sulfide) groups is 1. The van der Waals surface area contributed by atoms with E-state index in [0.29, 0.717) is 5.69 Å². The van der Waals surface area contributed by atoms with E-state index in [4.69, 9.17) is 0 Å². The Hall–Kier alpha value is -3.33. The first-order chi connectivity index (χ1) is 12.3. The van der Waals surface area contributed by atoms with Crippen LogP contribution in [0.3, 0.4) is 0 Å². The Morgan fingerprint density at radius 2 is 1.96 bits per heavy atom. The highest BCUT2D eigenvalue weighted by atomic mass is 32.2. The summed E-state index contributed by atoms with van der Waals surface area (Å²) in [5, 5.41) is 33.4. The van der Waals surface area contributed by atoms with Gasteiger partial charge in [0.05, 0.1) is 9.83 Å². The van der Waals surface area contributed by atoms with E-state index in [2.05, 4.69) is 10.3 Å². The van der Waals surface area contributed by atoms with Gasteiger partial charge in [0.25, 0.3) is 11.6 Å². The number of aliphatic imine (C=N–C) groups is 1. The monoisotopic (exact) mass is 371 g/mol. The second kappa shape index (κ2) is 6.89. The first-order valence-electron chi connectivity index (χ1n) is 7.40. The van der Waals surface area contributed by atoms with Crippen LogP contribution < -0.4 is 5.32 Å². The molecule has 1 amide bonds. The molecule has 0 unspecified atom stereocenters. The summed E-state index contributed by atoms with van der Waals surface area (Å²) in [6.07, 6.45) is 1.35. The van der Waals surface area contributed by atoms with Crippen LogP contribution in [0.2, 0.25) is 0 Å². The number of hydrogen-bond donors (Lipinski definition) is 3. The van der Waals surface area contributed by atoms with Crippen molar-refractivity contribution in [3.8, 4) is 11.5 Å². The molecule has 1 fully saturated rings. The number of aryl methyl sites for hydroxylation is 1. The molecule has 0 aliphatic carbocycles. The summed E-state index contributed by atoms with van der Waals surface area (Å²) < 4.78 is 0. The quantitative estimate of drug-likeness (QED) is 0.432. The van der Waals surface area contributed by atoms with Gasteiger partial charge in [-0.05, 0) is 48.5 Å². The highest BCUT2D eigenvalue weighted by Gasteiger charge is 2.25. The number of phenols is 2. The van der Waals surface area contributed by atoms with E-state index >= 15 is 0 Å². The summed E-state index contributed by atoms with van der Waals surface area (Å²) >= 11 is 1.00. The minimum absolute atomic E-state index is 0.0129. The van der Waals surface area contributed by atoms with E-state index in [1.807, 2.05) is 6.92 Å². The summed E-state index contributed by atoms with van der Waals surface area (Å²) in [6, 6.07) is 8.50. The molecule has 1 saturated heterocycles. The Morgan fingerprint density at radius 3 is 2.65 bits per heavy atom. The maximum absolute atomic E-state index is 12.1. The predicted octanol–water partition coefficient (Wildman–Crippen LogP) is 3.21. The number of amidine groups is 1. The number of non-ortho nitro benzene ring substituents is 1. The molecule has 0 saturated carbocycles. The molecule has 0 aromatic heterocycles. The van der Waals surface area contributed by atoms with Crippen molar-refractivity contribution in [2.75, 3.05) is 0 Å². The van der Waals surface area contributed by atoms with Crippen LogP contribution in [0.1, 0.15) is 11.1 Å². The third-order valence-corrected chi connectivity index (χ3v) is 4.42. The zero-order chi connectivity index (χ0) is 18.8. The van der Waals surface area contributed by atoms with Gasteiger partial charge in [-0.25, -0.2) is 4.99 Å². The molecule has 132 valence electrons. The first kappa shape index (κ1) is 17.5. The topological polar surface area (TPSA) is 125 Å². The van der Waals surface area contributed by atoms with Crippen molar-refractivity contribution >= 4 is 40.3 Å². The lowest BCUT2D eigenvalue weighted by molar-refractivity contribution is -0.384. The summed E-state index contributed by atoms with van der Waals surface area (Å²) in [4.78, 5) is 26.8. The number of benzene rings is 2. The average Bonchev–Trinajstić information content (AvgIpc) is 2.91. The molecule has 1 aliphatic heterocycles. The molecule has 2 aromatic rings. The molecule has 26 heavy (non-hydrogen) atoms. The lowest BCUT2D eigenvalue weighted by atomic mass is 10.1. The molecular weight excluding hydrogens is 358 g/mol. The molecule has 3 rings (SSSR count). The van der Waals surface area contributed by atoms with Gasteiger partial charge in [0.2, 0.25) is 0 Å². The van der Waals surface area contributed by atoms with E-state index in [0.717, 1.165) is 17.3 Å². The second-order valence-electron chi connectivity index (χ2n) is 5.47. The van der Waals surface area contributed by atoms with Crippen molar-refractivity contribution in [1.82, 2.24) is 5.32 Å². The number of nitrogens with one attached hydrogen (secondary N) is 1. The number of nitro groups is 1. The number of aromatic hydroxyl groups is 2. The van der Waals surface area contributed by atoms with Crippen LogP contribution >= 0.6 is 11.8 Å². The molecule has 8 nitrogen and oxygen atoms in total. The van der Waals surface area contributed by atoms with Crippen molar-refractivity contribution in [2.45, 2.75) is 6.92 Å². The molecule has 0 atom stereocenters. The third kappa shape index (κ3) is 3.67. The molecule has 1 heterocycles. The first-order valence-corrected chi connectivity index (χ1v) is 8.22. The zero-order valence-electron chi connectivity index (χ0n) is 13.5. The number of hydrogen-bond acceptors (Lipinski definition) is 7. The highest BCUT2D eigenvalue weighted by molar-refractivity contribution is 8.18. The molecular formula is C17H13N3O5S. The van der Waals surface area contributed by atoms with Crippen LogP contribution in [0.5, 0.6) is 11.5 Å². The van der Waals surface area contributed by atoms with E-state index in [9.17, 15) is 25.1 Å². The zero-order valence-corrected chi connectivity index (χ0v) is 14.3. The fourth-order valence-electron chi connectivity index (χ4n) is 2.23. The van der Waals surface area contributed by atoms with Crippen LogP contribution in [0.25, 0.3) is 6.08 Å². The average molecular weight is 371 g/mol. The van der Waals surface area contributed by atoms with Gasteiger partial charge in [-0.3, -0.25) is 14.9 Å². The number of carbonyl (C=O) groups excluding carboxylic acids is 1. The van der Waals surface area contributed by atoms with E-state index in [1.165, 1.54) is 24.3 Å². The summed E-state index contributed by atoms with van der Waals surface area (Å²) in [6.45, 7) is 1.83. The number of rotatable bonds is 3. The van der Waals surface area contributed by atoms with E-state index in [1.54, 1.807) is 18.2 Å². The SMILES string of the molecule is Cc1ccc(N=C2NC(=O)/C(=C/c3cc([N+](=O)[O-])ccc3O)S2)c(O)c1. The Kier molecular flexibility index (Phi) is 4.63. The molecule has 9 heteroatoms. The maximum atomic E-state index is 12.1. The van der Waals surface area contributed by atoms with Gasteiger partial charge < -0.3 is 15.5 Å². The predicted molar refractivity (Wildman–Crippen MR) is 98.4 cm³/mol. The summed E-state index contributed by atoms with van der Waals surface area (Å²) in [7, 11) is 0. The van der Waals surface area contributed by atoms with Crippen LogP contribution in [0, 0.1) is 17.0 Å². The largest absolute Gasteiger partial charge is 0.507 e. The number of nitrogens with zero attached hydrogens (tertiary/aromatic N) is 2. The van der Waals surface area contributed by atoms with Crippen LogP contribution in [0.15, 0.2) is 46.3 Å². The molecule has 0 spiro atoms. The van der Waals surface area contributed by atoms with E-state index < -0.39 is 10.8 Å². The minimum Gasteiger partial charge on any atom is -0.507 e. The lowest BCUT2D eigenvalue weighted by Crippen LogP contribution is -2.19. The van der Waals surface area contributed by atoms with Gasteiger partial charge in [0, 0.05) is 17.7 Å². The number of carbonyl (C=O) groups is 1. The minimum atomic E-state index is -0.587. The smallest absolute Gasteiger partial charge is 0.270 e. The van der Waals surface area contributed by atoms with Crippen molar-refractivity contribution in [2.24, 2.45) is 4.99 Å². The molecule has 2 aromatic carbocycles. The van der Waals surface area contributed by atoms with Gasteiger partial charge in [0.15, 0.2) is 5.17 Å². The Bertz CT molecular complexity index is 984. The van der Waals surface area contributed by atoms with Gasteiger partial charge in [-0.15, -0.1) is 0 Å². The summed E-state index contributed by atoms with van der Waals surface area (Å²) in [5.74, 6) is -0.648. The highest BCUT2D eigenvalue weighted by Crippen LogP contribution is 2.33.